The fourth-order valence-corrected chi connectivity index (χ4v) is 3.91. The van der Waals surface area contributed by atoms with E-state index < -0.39 is 0 Å². The molecule has 0 N–H and O–H groups in total. The van der Waals surface area contributed by atoms with Crippen molar-refractivity contribution in [1.82, 2.24) is 0 Å². The van der Waals surface area contributed by atoms with E-state index in [-0.39, 0.29) is 15.1 Å². The molecule has 80 valence electrons. The molecule has 1 aromatic carbocycles. The fraction of sp³-hybridized carbons (Fsp3) is 0. The minimum Gasteiger partial charge on any atom is -0.120 e. The first kappa shape index (κ1) is 12.4. The Morgan fingerprint density at radius 3 is 1.73 bits per heavy atom. The summed E-state index contributed by atoms with van der Waals surface area (Å²) < 4.78 is 1.06. The highest BCUT2D eigenvalue weighted by Gasteiger charge is 2.20. The molecular formula is C8Cl6S. The number of fused-ring (bicyclic) bond motifs is 1. The normalized spacial score (nSPS) is 11.3. The van der Waals surface area contributed by atoms with E-state index >= 15 is 0 Å². The van der Waals surface area contributed by atoms with E-state index in [9.17, 15) is 0 Å². The van der Waals surface area contributed by atoms with E-state index in [1.165, 1.54) is 11.3 Å². The van der Waals surface area contributed by atoms with Crippen molar-refractivity contribution in [3.05, 3.63) is 29.4 Å². The van der Waals surface area contributed by atoms with Crippen LogP contribution in [0, 0.1) is 0 Å². The summed E-state index contributed by atoms with van der Waals surface area (Å²) in [4.78, 5) is 0. The van der Waals surface area contributed by atoms with Gasteiger partial charge >= 0.3 is 0 Å². The summed E-state index contributed by atoms with van der Waals surface area (Å²) in [7, 11) is 0. The van der Waals surface area contributed by atoms with Crippen LogP contribution in [0.1, 0.15) is 0 Å². The molecule has 2 aromatic rings. The lowest BCUT2D eigenvalue weighted by Gasteiger charge is -2.04. The van der Waals surface area contributed by atoms with Gasteiger partial charge in [-0.15, -0.1) is 11.3 Å². The summed E-state index contributed by atoms with van der Waals surface area (Å²) in [5, 5.41) is 1.89. The zero-order valence-corrected chi connectivity index (χ0v) is 12.0. The molecule has 7 heteroatoms. The van der Waals surface area contributed by atoms with Crippen LogP contribution in [0.4, 0.5) is 0 Å². The SMILES string of the molecule is Clc1sc2c(Cl)c(Cl)c(Cl)c(Cl)c2c1Cl. The molecule has 15 heavy (non-hydrogen) atoms. The van der Waals surface area contributed by atoms with Crippen LogP contribution in [0.25, 0.3) is 10.1 Å². The summed E-state index contributed by atoms with van der Waals surface area (Å²) in [6.45, 7) is 0. The van der Waals surface area contributed by atoms with Gasteiger partial charge in [0.05, 0.1) is 29.8 Å². The Kier molecular flexibility index (Phi) is 3.55. The molecule has 2 rings (SSSR count). The highest BCUT2D eigenvalue weighted by molar-refractivity contribution is 7.24. The van der Waals surface area contributed by atoms with Gasteiger partial charge in [0, 0.05) is 5.39 Å². The van der Waals surface area contributed by atoms with Crippen molar-refractivity contribution in [2.24, 2.45) is 0 Å². The molecule has 1 heterocycles. The van der Waals surface area contributed by atoms with E-state index in [0.29, 0.717) is 24.5 Å². The largest absolute Gasteiger partial charge is 0.120 e. The lowest BCUT2D eigenvalue weighted by atomic mass is 10.2. The smallest absolute Gasteiger partial charge is 0.113 e. The average molecular weight is 341 g/mol. The maximum absolute atomic E-state index is 6.01. The van der Waals surface area contributed by atoms with Gasteiger partial charge in [-0.3, -0.25) is 0 Å². The Labute approximate surface area is 120 Å². The second-order valence-electron chi connectivity index (χ2n) is 2.65. The van der Waals surface area contributed by atoms with Crippen LogP contribution in [0.15, 0.2) is 0 Å². The molecule has 0 amide bonds. The molecule has 0 saturated heterocycles. The van der Waals surface area contributed by atoms with Gasteiger partial charge in [-0.05, 0) is 0 Å². The summed E-state index contributed by atoms with van der Waals surface area (Å²) in [6, 6.07) is 0. The third-order valence-electron chi connectivity index (χ3n) is 1.81. The quantitative estimate of drug-likeness (QED) is 0.364. The first-order valence-electron chi connectivity index (χ1n) is 3.54. The molecule has 0 aliphatic carbocycles. The van der Waals surface area contributed by atoms with Crippen molar-refractivity contribution in [2.45, 2.75) is 0 Å². The average Bonchev–Trinajstić information content (AvgIpc) is 2.50. The summed E-state index contributed by atoms with van der Waals surface area (Å²) >= 11 is 36.9. The molecule has 0 fully saturated rings. The zero-order chi connectivity index (χ0) is 11.3. The topological polar surface area (TPSA) is 0 Å². The number of benzene rings is 1. The van der Waals surface area contributed by atoms with Crippen molar-refractivity contribution in [3.8, 4) is 0 Å². The molecule has 0 aliphatic heterocycles. The number of halogens is 6. The van der Waals surface area contributed by atoms with Gasteiger partial charge in [-0.2, -0.15) is 0 Å². The van der Waals surface area contributed by atoms with Gasteiger partial charge < -0.3 is 0 Å². The Balaban J connectivity index is 3.07. The fourth-order valence-electron chi connectivity index (χ4n) is 1.14. The Morgan fingerprint density at radius 2 is 1.13 bits per heavy atom. The highest BCUT2D eigenvalue weighted by atomic mass is 35.5. The van der Waals surface area contributed by atoms with E-state index in [1.54, 1.807) is 0 Å². The predicted molar refractivity (Wildman–Crippen MR) is 71.9 cm³/mol. The van der Waals surface area contributed by atoms with E-state index in [0.717, 1.165) is 0 Å². The van der Waals surface area contributed by atoms with E-state index in [1.807, 2.05) is 0 Å². The first-order chi connectivity index (χ1) is 6.95. The van der Waals surface area contributed by atoms with Gasteiger partial charge in [0.2, 0.25) is 0 Å². The molecule has 0 bridgehead atoms. The number of hydrogen-bond acceptors (Lipinski definition) is 1. The molecule has 0 aliphatic rings. The molecule has 0 radical (unpaired) electrons. The molecule has 0 nitrogen and oxygen atoms in total. The number of hydrogen-bond donors (Lipinski definition) is 0. The monoisotopic (exact) mass is 338 g/mol. The third kappa shape index (κ3) is 1.83. The standard InChI is InChI=1S/C8Cl6S/c9-2-1-3(10)8(14)15-7(1)6(13)5(12)4(2)11. The molecule has 0 spiro atoms. The second kappa shape index (κ2) is 4.30. The van der Waals surface area contributed by atoms with Gasteiger partial charge in [-0.25, -0.2) is 0 Å². The Hall–Kier alpha value is 0.920. The van der Waals surface area contributed by atoms with Crippen molar-refractivity contribution in [3.63, 3.8) is 0 Å². The van der Waals surface area contributed by atoms with Gasteiger partial charge in [-0.1, -0.05) is 69.6 Å². The lowest BCUT2D eigenvalue weighted by Crippen LogP contribution is -1.76. The van der Waals surface area contributed by atoms with Crippen molar-refractivity contribution >= 4 is 91.0 Å². The van der Waals surface area contributed by atoms with E-state index in [4.69, 9.17) is 69.6 Å². The van der Waals surface area contributed by atoms with Crippen LogP contribution in [-0.2, 0) is 0 Å². The second-order valence-corrected chi connectivity index (χ2v) is 6.16. The maximum Gasteiger partial charge on any atom is 0.113 e. The summed E-state index contributed by atoms with van der Waals surface area (Å²) in [6.07, 6.45) is 0. The Bertz CT molecular complexity index is 558. The van der Waals surface area contributed by atoms with Crippen LogP contribution < -0.4 is 0 Å². The summed E-state index contributed by atoms with van der Waals surface area (Å²) in [5.41, 5.74) is 0. The van der Waals surface area contributed by atoms with Crippen LogP contribution >= 0.6 is 80.9 Å². The number of rotatable bonds is 0. The highest BCUT2D eigenvalue weighted by Crippen LogP contribution is 2.51. The van der Waals surface area contributed by atoms with E-state index in [2.05, 4.69) is 0 Å². The maximum atomic E-state index is 6.01. The van der Waals surface area contributed by atoms with Crippen LogP contribution in [0.5, 0.6) is 0 Å². The van der Waals surface area contributed by atoms with Crippen molar-refractivity contribution in [2.75, 3.05) is 0 Å². The van der Waals surface area contributed by atoms with Gasteiger partial charge in [0.25, 0.3) is 0 Å². The van der Waals surface area contributed by atoms with Crippen molar-refractivity contribution < 1.29 is 0 Å². The molecule has 0 saturated carbocycles. The minimum absolute atomic E-state index is 0.187. The third-order valence-corrected chi connectivity index (χ3v) is 5.72. The zero-order valence-electron chi connectivity index (χ0n) is 6.68. The van der Waals surface area contributed by atoms with Crippen LogP contribution in [-0.4, -0.2) is 0 Å². The van der Waals surface area contributed by atoms with Gasteiger partial charge in [0.1, 0.15) is 4.34 Å². The molecular weight excluding hydrogens is 341 g/mol. The molecule has 1 aromatic heterocycles. The Morgan fingerprint density at radius 1 is 0.600 bits per heavy atom. The molecule has 0 unspecified atom stereocenters. The molecule has 0 atom stereocenters. The minimum atomic E-state index is 0.187. The van der Waals surface area contributed by atoms with Gasteiger partial charge in [0.15, 0.2) is 0 Å². The lowest BCUT2D eigenvalue weighted by molar-refractivity contribution is 1.83. The number of thiophene rings is 1. The summed E-state index contributed by atoms with van der Waals surface area (Å²) in [5.74, 6) is 0. The predicted octanol–water partition coefficient (Wildman–Crippen LogP) is 6.82. The first-order valence-corrected chi connectivity index (χ1v) is 6.63. The van der Waals surface area contributed by atoms with Crippen LogP contribution in [0.3, 0.4) is 0 Å². The van der Waals surface area contributed by atoms with Crippen LogP contribution in [0.2, 0.25) is 29.4 Å². The van der Waals surface area contributed by atoms with Crippen molar-refractivity contribution in [1.29, 1.82) is 0 Å².